The molecule has 3 rings (SSSR count). The van der Waals surface area contributed by atoms with Gasteiger partial charge in [0.2, 0.25) is 0 Å². The number of carboxylic acids is 1. The summed E-state index contributed by atoms with van der Waals surface area (Å²) in [5.74, 6) is -0.997. The number of benzene rings is 2. The Morgan fingerprint density at radius 1 is 1.15 bits per heavy atom. The molecule has 0 bridgehead atoms. The second-order valence-electron chi connectivity index (χ2n) is 5.53. The van der Waals surface area contributed by atoms with E-state index >= 15 is 0 Å². The Balaban J connectivity index is 1.84. The first-order chi connectivity index (χ1) is 12.2. The third kappa shape index (κ3) is 4.31. The quantitative estimate of drug-likeness (QED) is 0.549. The van der Waals surface area contributed by atoms with Gasteiger partial charge in [-0.3, -0.25) is 0 Å². The van der Waals surface area contributed by atoms with Crippen LogP contribution in [0.15, 0.2) is 52.3 Å². The molecule has 0 radical (unpaired) electrons. The summed E-state index contributed by atoms with van der Waals surface area (Å²) in [5.41, 5.74) is 1.19. The molecule has 3 nitrogen and oxygen atoms in total. The highest BCUT2D eigenvalue weighted by Gasteiger charge is 2.31. The lowest BCUT2D eigenvalue weighted by Crippen LogP contribution is -2.05. The smallest absolute Gasteiger partial charge is 0.416 e. The van der Waals surface area contributed by atoms with E-state index in [2.05, 4.69) is 20.9 Å². The van der Waals surface area contributed by atoms with Crippen molar-refractivity contribution in [1.82, 2.24) is 4.98 Å². The Kier molecular flexibility index (Phi) is 5.15. The lowest BCUT2D eigenvalue weighted by molar-refractivity contribution is -0.137. The number of hydrogen-bond acceptors (Lipinski definition) is 3. The molecular weight excluding hydrogens is 431 g/mol. The Morgan fingerprint density at radius 3 is 2.46 bits per heavy atom. The van der Waals surface area contributed by atoms with E-state index in [9.17, 15) is 18.0 Å². The molecule has 0 atom stereocenters. The van der Waals surface area contributed by atoms with E-state index in [1.54, 1.807) is 23.6 Å². The SMILES string of the molecule is O=C(O)c1ccc(Cc2nc(-c3cc(Br)cc(C(F)(F)F)c3)cs2)cc1. The molecule has 0 spiro atoms. The first-order valence-corrected chi connectivity index (χ1v) is 9.04. The predicted octanol–water partition coefficient (Wildman–Crippen LogP) is 5.88. The molecule has 0 aliphatic rings. The zero-order valence-corrected chi connectivity index (χ0v) is 15.5. The topological polar surface area (TPSA) is 50.2 Å². The van der Waals surface area contributed by atoms with Crippen LogP contribution in [0.2, 0.25) is 0 Å². The van der Waals surface area contributed by atoms with Gasteiger partial charge in [0.15, 0.2) is 0 Å². The second-order valence-corrected chi connectivity index (χ2v) is 7.39. The number of aromatic nitrogens is 1. The summed E-state index contributed by atoms with van der Waals surface area (Å²) in [4.78, 5) is 15.3. The molecule has 0 aliphatic carbocycles. The van der Waals surface area contributed by atoms with Gasteiger partial charge in [0, 0.05) is 21.8 Å². The molecule has 8 heteroatoms. The van der Waals surface area contributed by atoms with Crippen LogP contribution in [0.3, 0.4) is 0 Å². The van der Waals surface area contributed by atoms with Gasteiger partial charge >= 0.3 is 12.1 Å². The maximum Gasteiger partial charge on any atom is 0.416 e. The number of nitrogens with zero attached hydrogens (tertiary/aromatic N) is 1. The Labute approximate surface area is 159 Å². The number of thiazole rings is 1. The number of hydrogen-bond donors (Lipinski definition) is 1. The van der Waals surface area contributed by atoms with Gasteiger partial charge in [-0.05, 0) is 35.9 Å². The van der Waals surface area contributed by atoms with Gasteiger partial charge in [0.25, 0.3) is 0 Å². The van der Waals surface area contributed by atoms with Gasteiger partial charge in [-0.25, -0.2) is 9.78 Å². The summed E-state index contributed by atoms with van der Waals surface area (Å²) < 4.78 is 39.2. The van der Waals surface area contributed by atoms with E-state index in [1.165, 1.54) is 23.5 Å². The number of carboxylic acid groups (broad SMARTS) is 1. The van der Waals surface area contributed by atoms with Crippen molar-refractivity contribution in [3.63, 3.8) is 0 Å². The predicted molar refractivity (Wildman–Crippen MR) is 96.5 cm³/mol. The van der Waals surface area contributed by atoms with Gasteiger partial charge in [0.1, 0.15) is 0 Å². The molecule has 0 amide bonds. The fourth-order valence-corrected chi connectivity index (χ4v) is 3.70. The monoisotopic (exact) mass is 441 g/mol. The lowest BCUT2D eigenvalue weighted by atomic mass is 10.1. The molecule has 2 aromatic carbocycles. The van der Waals surface area contributed by atoms with Crippen molar-refractivity contribution in [2.75, 3.05) is 0 Å². The fourth-order valence-electron chi connectivity index (χ4n) is 2.37. The van der Waals surface area contributed by atoms with Gasteiger partial charge in [-0.1, -0.05) is 28.1 Å². The van der Waals surface area contributed by atoms with Gasteiger partial charge < -0.3 is 5.11 Å². The normalized spacial score (nSPS) is 11.5. The highest BCUT2D eigenvalue weighted by atomic mass is 79.9. The fraction of sp³-hybridized carbons (Fsp3) is 0.111. The Hall–Kier alpha value is -2.19. The molecule has 134 valence electrons. The van der Waals surface area contributed by atoms with E-state index < -0.39 is 17.7 Å². The minimum Gasteiger partial charge on any atom is -0.478 e. The minimum absolute atomic E-state index is 0.197. The highest BCUT2D eigenvalue weighted by Crippen LogP contribution is 2.35. The first-order valence-electron chi connectivity index (χ1n) is 7.37. The summed E-state index contributed by atoms with van der Waals surface area (Å²) in [5, 5.41) is 11.3. The van der Waals surface area contributed by atoms with Crippen LogP contribution in [0.5, 0.6) is 0 Å². The third-order valence-electron chi connectivity index (χ3n) is 3.63. The van der Waals surface area contributed by atoms with Crippen LogP contribution < -0.4 is 0 Å². The molecule has 0 fully saturated rings. The average molecular weight is 442 g/mol. The highest BCUT2D eigenvalue weighted by molar-refractivity contribution is 9.10. The molecule has 0 unspecified atom stereocenters. The summed E-state index contributed by atoms with van der Waals surface area (Å²) >= 11 is 4.45. The van der Waals surface area contributed by atoms with Crippen LogP contribution in [-0.4, -0.2) is 16.1 Å². The zero-order valence-electron chi connectivity index (χ0n) is 13.0. The van der Waals surface area contributed by atoms with Gasteiger partial charge in [-0.2, -0.15) is 13.2 Å². The molecule has 0 saturated carbocycles. The lowest BCUT2D eigenvalue weighted by Gasteiger charge is -2.09. The molecule has 1 aromatic heterocycles. The molecule has 0 aliphatic heterocycles. The standard InChI is InChI=1S/C18H11BrF3NO2S/c19-14-7-12(6-13(8-14)18(20,21)22)15-9-26-16(23-15)5-10-1-3-11(4-2-10)17(24)25/h1-4,6-9H,5H2,(H,24,25). The molecule has 3 aromatic rings. The van der Waals surface area contributed by atoms with Gasteiger partial charge in [-0.15, -0.1) is 11.3 Å². The number of halogens is 4. The molecule has 26 heavy (non-hydrogen) atoms. The van der Waals surface area contributed by atoms with Crippen molar-refractivity contribution in [2.45, 2.75) is 12.6 Å². The van der Waals surface area contributed by atoms with Crippen molar-refractivity contribution in [3.05, 3.63) is 74.0 Å². The van der Waals surface area contributed by atoms with Crippen LogP contribution in [0.1, 0.15) is 26.5 Å². The average Bonchev–Trinajstić information content (AvgIpc) is 3.02. The summed E-state index contributed by atoms with van der Waals surface area (Å²) in [6.07, 6.45) is -3.95. The second kappa shape index (κ2) is 7.20. The number of carbonyl (C=O) groups is 1. The van der Waals surface area contributed by atoms with Crippen molar-refractivity contribution >= 4 is 33.2 Å². The Bertz CT molecular complexity index is 952. The maximum absolute atomic E-state index is 13.0. The third-order valence-corrected chi connectivity index (χ3v) is 4.94. The van der Waals surface area contributed by atoms with Crippen molar-refractivity contribution in [2.24, 2.45) is 0 Å². The maximum atomic E-state index is 13.0. The van der Waals surface area contributed by atoms with E-state index in [0.717, 1.165) is 22.7 Å². The van der Waals surface area contributed by atoms with E-state index in [4.69, 9.17) is 5.11 Å². The van der Waals surface area contributed by atoms with E-state index in [0.29, 0.717) is 22.2 Å². The van der Waals surface area contributed by atoms with Crippen molar-refractivity contribution < 1.29 is 23.1 Å². The number of aromatic carboxylic acids is 1. The zero-order chi connectivity index (χ0) is 18.9. The first kappa shape index (κ1) is 18.6. The van der Waals surface area contributed by atoms with Crippen LogP contribution >= 0.6 is 27.3 Å². The van der Waals surface area contributed by atoms with Gasteiger partial charge in [0.05, 0.1) is 21.8 Å². The molecule has 1 heterocycles. The summed E-state index contributed by atoms with van der Waals surface area (Å²) in [6.45, 7) is 0. The van der Waals surface area contributed by atoms with E-state index in [1.807, 2.05) is 0 Å². The minimum atomic E-state index is -4.43. The summed E-state index contributed by atoms with van der Waals surface area (Å²) in [6, 6.07) is 10.1. The summed E-state index contributed by atoms with van der Waals surface area (Å²) in [7, 11) is 0. The van der Waals surface area contributed by atoms with Crippen LogP contribution in [0.4, 0.5) is 13.2 Å². The number of rotatable bonds is 4. The van der Waals surface area contributed by atoms with E-state index in [-0.39, 0.29) is 5.56 Å². The van der Waals surface area contributed by atoms with Crippen LogP contribution in [0.25, 0.3) is 11.3 Å². The molecular formula is C18H11BrF3NO2S. The van der Waals surface area contributed by atoms with Crippen LogP contribution in [-0.2, 0) is 12.6 Å². The van der Waals surface area contributed by atoms with Crippen molar-refractivity contribution in [3.8, 4) is 11.3 Å². The Morgan fingerprint density at radius 2 is 1.85 bits per heavy atom. The molecule has 0 saturated heterocycles. The molecule has 1 N–H and O–H groups in total. The van der Waals surface area contributed by atoms with Crippen LogP contribution in [0, 0.1) is 0 Å². The number of alkyl halides is 3. The largest absolute Gasteiger partial charge is 0.478 e. The van der Waals surface area contributed by atoms with Crippen molar-refractivity contribution in [1.29, 1.82) is 0 Å².